The number of carbonyl (C=O) groups excluding carboxylic acids is 4. The molecule has 2 aromatic rings. The quantitative estimate of drug-likeness (QED) is 0.577. The van der Waals surface area contributed by atoms with Gasteiger partial charge in [0.05, 0.1) is 6.54 Å². The number of hydrogen-bond acceptors (Lipinski definition) is 4. The molecule has 2 aliphatic heterocycles. The minimum Gasteiger partial charge on any atom is -0.345 e. The predicted octanol–water partition coefficient (Wildman–Crippen LogP) is 3.51. The minimum absolute atomic E-state index is 0.0767. The number of benzene rings is 2. The molecule has 188 valence electrons. The van der Waals surface area contributed by atoms with Crippen LogP contribution in [0.4, 0.5) is 16.2 Å². The molecule has 1 atom stereocenters. The molecule has 1 saturated heterocycles. The Morgan fingerprint density at radius 3 is 2.14 bits per heavy atom. The maximum Gasteiger partial charge on any atom is 0.321 e. The van der Waals surface area contributed by atoms with Crippen LogP contribution in [-0.4, -0.2) is 59.2 Å². The van der Waals surface area contributed by atoms with E-state index in [4.69, 9.17) is 0 Å². The van der Waals surface area contributed by atoms with E-state index in [1.165, 1.54) is 0 Å². The first kappa shape index (κ1) is 23.8. The fraction of sp³-hybridized carbons (Fsp3) is 0.407. The lowest BCUT2D eigenvalue weighted by Crippen LogP contribution is -2.42. The van der Waals surface area contributed by atoms with Crippen LogP contribution >= 0.6 is 0 Å². The lowest BCUT2D eigenvalue weighted by Gasteiger charge is -2.24. The summed E-state index contributed by atoms with van der Waals surface area (Å²) in [7, 11) is 0. The Hall–Kier alpha value is -3.88. The van der Waals surface area contributed by atoms with Crippen molar-refractivity contribution >= 4 is 35.1 Å². The average molecular weight is 490 g/mol. The number of nitrogens with one attached hydrogen (secondary N) is 3. The van der Waals surface area contributed by atoms with Gasteiger partial charge in [-0.05, 0) is 61.6 Å². The molecule has 1 aliphatic carbocycles. The van der Waals surface area contributed by atoms with Crippen LogP contribution < -0.4 is 16.0 Å². The van der Waals surface area contributed by atoms with Gasteiger partial charge in [0, 0.05) is 36.1 Å². The average Bonchev–Trinajstić information content (AvgIpc) is 3.71. The first-order valence-corrected chi connectivity index (χ1v) is 12.7. The number of urea groups is 1. The zero-order valence-corrected chi connectivity index (χ0v) is 20.2. The van der Waals surface area contributed by atoms with E-state index in [2.05, 4.69) is 16.0 Å². The molecule has 9 nitrogen and oxygen atoms in total. The van der Waals surface area contributed by atoms with Gasteiger partial charge in [0.15, 0.2) is 0 Å². The topological polar surface area (TPSA) is 111 Å². The Morgan fingerprint density at radius 1 is 0.833 bits per heavy atom. The van der Waals surface area contributed by atoms with Crippen LogP contribution in [0.25, 0.3) is 0 Å². The summed E-state index contributed by atoms with van der Waals surface area (Å²) in [5, 5.41) is 8.35. The Labute approximate surface area is 210 Å². The lowest BCUT2D eigenvalue weighted by molar-refractivity contribution is -0.127. The summed E-state index contributed by atoms with van der Waals surface area (Å²) in [6.45, 7) is 1.33. The molecule has 3 aliphatic rings. The second-order valence-electron chi connectivity index (χ2n) is 9.61. The molecule has 2 fully saturated rings. The summed E-state index contributed by atoms with van der Waals surface area (Å²) < 4.78 is 0. The second kappa shape index (κ2) is 10.4. The number of likely N-dealkylation sites (tertiary alicyclic amines) is 1. The summed E-state index contributed by atoms with van der Waals surface area (Å²) in [5.41, 5.74) is 2.45. The monoisotopic (exact) mass is 489 g/mol. The number of nitrogens with zero attached hydrogens (tertiary/aromatic N) is 2. The van der Waals surface area contributed by atoms with Crippen molar-refractivity contribution in [2.45, 2.75) is 50.6 Å². The Morgan fingerprint density at radius 2 is 1.47 bits per heavy atom. The first-order valence-electron chi connectivity index (χ1n) is 12.7. The molecule has 2 heterocycles. The maximum absolute atomic E-state index is 13.0. The molecule has 0 spiro atoms. The highest BCUT2D eigenvalue weighted by molar-refractivity contribution is 6.05. The van der Waals surface area contributed by atoms with Crippen molar-refractivity contribution in [2.75, 3.05) is 30.3 Å². The van der Waals surface area contributed by atoms with Gasteiger partial charge in [0.2, 0.25) is 11.8 Å². The van der Waals surface area contributed by atoms with Crippen molar-refractivity contribution in [1.82, 2.24) is 15.1 Å². The van der Waals surface area contributed by atoms with Gasteiger partial charge in [-0.15, -0.1) is 0 Å². The summed E-state index contributed by atoms with van der Waals surface area (Å²) in [6, 6.07) is 13.3. The van der Waals surface area contributed by atoms with Gasteiger partial charge >= 0.3 is 6.03 Å². The van der Waals surface area contributed by atoms with E-state index in [1.54, 1.807) is 47.4 Å². The fourth-order valence-corrected chi connectivity index (χ4v) is 4.92. The third kappa shape index (κ3) is 5.19. The van der Waals surface area contributed by atoms with E-state index in [0.29, 0.717) is 22.5 Å². The maximum atomic E-state index is 13.0. The smallest absolute Gasteiger partial charge is 0.321 e. The Balaban J connectivity index is 1.13. The van der Waals surface area contributed by atoms with Crippen LogP contribution in [0, 0.1) is 0 Å². The fourth-order valence-electron chi connectivity index (χ4n) is 4.92. The van der Waals surface area contributed by atoms with Gasteiger partial charge in [0.25, 0.3) is 5.91 Å². The van der Waals surface area contributed by atoms with Crippen molar-refractivity contribution in [2.24, 2.45) is 0 Å². The number of rotatable bonds is 6. The van der Waals surface area contributed by atoms with Crippen LogP contribution in [0.5, 0.6) is 0 Å². The molecule has 0 bridgehead atoms. The minimum atomic E-state index is -0.707. The van der Waals surface area contributed by atoms with Crippen molar-refractivity contribution < 1.29 is 19.2 Å². The lowest BCUT2D eigenvalue weighted by atomic mass is 10.0. The van der Waals surface area contributed by atoms with Gasteiger partial charge in [-0.25, -0.2) is 4.79 Å². The largest absolute Gasteiger partial charge is 0.345 e. The van der Waals surface area contributed by atoms with E-state index in [1.807, 2.05) is 11.0 Å². The van der Waals surface area contributed by atoms with E-state index in [-0.39, 0.29) is 36.3 Å². The summed E-state index contributed by atoms with van der Waals surface area (Å²) in [5.74, 6) is -0.858. The molecular formula is C27H31N5O4. The predicted molar refractivity (Wildman–Crippen MR) is 136 cm³/mol. The normalized spacial score (nSPS) is 19.3. The van der Waals surface area contributed by atoms with Crippen molar-refractivity contribution in [3.05, 3.63) is 59.7 Å². The van der Waals surface area contributed by atoms with Crippen molar-refractivity contribution in [3.63, 3.8) is 0 Å². The molecule has 1 saturated carbocycles. The van der Waals surface area contributed by atoms with Crippen LogP contribution in [0.1, 0.15) is 60.5 Å². The third-order valence-electron chi connectivity index (χ3n) is 6.92. The third-order valence-corrected chi connectivity index (χ3v) is 6.92. The number of hydrogen-bond donors (Lipinski definition) is 3. The summed E-state index contributed by atoms with van der Waals surface area (Å²) in [4.78, 5) is 54.3. The molecule has 5 amide bonds. The van der Waals surface area contributed by atoms with Gasteiger partial charge in [-0.1, -0.05) is 31.0 Å². The Kier molecular flexibility index (Phi) is 6.88. The standard InChI is InChI=1S/C27H31N5O4/c33-23(29-18-9-11-19(12-10-18)30-27(36)31-15-5-1-2-6-16-31)17-28-25(34)24-21-7-3-4-8-22(21)26(35)32(24)20-13-14-20/h3-4,7-12,20,24H,1-2,5-6,13-17H2,(H,28,34)(H,29,33)(H,30,36). The number of fused-ring (bicyclic) bond motifs is 1. The van der Waals surface area contributed by atoms with Crippen LogP contribution in [0.3, 0.4) is 0 Å². The van der Waals surface area contributed by atoms with Gasteiger partial charge in [-0.3, -0.25) is 14.4 Å². The number of anilines is 2. The second-order valence-corrected chi connectivity index (χ2v) is 9.61. The Bertz CT molecular complexity index is 1150. The van der Waals surface area contributed by atoms with Crippen molar-refractivity contribution in [3.8, 4) is 0 Å². The number of carbonyl (C=O) groups is 4. The van der Waals surface area contributed by atoms with E-state index in [0.717, 1.165) is 51.6 Å². The van der Waals surface area contributed by atoms with E-state index >= 15 is 0 Å². The number of amides is 5. The molecule has 0 radical (unpaired) electrons. The van der Waals surface area contributed by atoms with Gasteiger partial charge in [-0.2, -0.15) is 0 Å². The molecule has 3 N–H and O–H groups in total. The van der Waals surface area contributed by atoms with Crippen LogP contribution in [-0.2, 0) is 9.59 Å². The zero-order chi connectivity index (χ0) is 25.1. The van der Waals surface area contributed by atoms with Gasteiger partial charge in [0.1, 0.15) is 6.04 Å². The van der Waals surface area contributed by atoms with Crippen molar-refractivity contribution in [1.29, 1.82) is 0 Å². The highest BCUT2D eigenvalue weighted by Gasteiger charge is 2.47. The zero-order valence-electron chi connectivity index (χ0n) is 20.2. The highest BCUT2D eigenvalue weighted by atomic mass is 16.2. The summed E-state index contributed by atoms with van der Waals surface area (Å²) >= 11 is 0. The molecule has 0 aromatic heterocycles. The van der Waals surface area contributed by atoms with E-state index in [9.17, 15) is 19.2 Å². The molecule has 36 heavy (non-hydrogen) atoms. The van der Waals surface area contributed by atoms with E-state index < -0.39 is 6.04 Å². The SMILES string of the molecule is O=C(CNC(=O)C1c2ccccc2C(=O)N1C1CC1)Nc1ccc(NC(=O)N2CCCCCC2)cc1. The first-order chi connectivity index (χ1) is 17.5. The molecular weight excluding hydrogens is 458 g/mol. The molecule has 9 heteroatoms. The van der Waals surface area contributed by atoms with Crippen LogP contribution in [0.15, 0.2) is 48.5 Å². The molecule has 2 aromatic carbocycles. The highest BCUT2D eigenvalue weighted by Crippen LogP contribution is 2.41. The van der Waals surface area contributed by atoms with Crippen LogP contribution in [0.2, 0.25) is 0 Å². The molecule has 5 rings (SSSR count). The molecule has 1 unspecified atom stereocenters. The summed E-state index contributed by atoms with van der Waals surface area (Å²) in [6.07, 6.45) is 6.14. The van der Waals surface area contributed by atoms with Gasteiger partial charge < -0.3 is 25.8 Å².